The maximum Gasteiger partial charge on any atom is 0.0599 e. The molecule has 0 aromatic carbocycles. The van der Waals surface area contributed by atoms with Crippen LogP contribution in [-0.2, 0) is 4.74 Å². The highest BCUT2D eigenvalue weighted by Gasteiger charge is 2.31. The van der Waals surface area contributed by atoms with E-state index in [1.807, 2.05) is 0 Å². The van der Waals surface area contributed by atoms with Crippen LogP contribution in [-0.4, -0.2) is 49.3 Å². The predicted molar refractivity (Wildman–Crippen MR) is 71.3 cm³/mol. The van der Waals surface area contributed by atoms with Gasteiger partial charge in [0.1, 0.15) is 0 Å². The van der Waals surface area contributed by atoms with Crippen LogP contribution in [0.2, 0.25) is 0 Å². The maximum absolute atomic E-state index is 5.71. The van der Waals surface area contributed by atoms with Crippen molar-refractivity contribution in [1.29, 1.82) is 0 Å². The topological polar surface area (TPSA) is 24.5 Å². The fraction of sp³-hybridized carbons (Fsp3) is 1.00. The standard InChI is InChI=1S/C14H28N2O/c1-3-15-12-5-6-13(11-12)16-9-7-14(8-10-16)17-4-2/h12-15H,3-11H2,1-2H3. The average molecular weight is 240 g/mol. The molecule has 0 aromatic rings. The van der Waals surface area contributed by atoms with Gasteiger partial charge in [-0.05, 0) is 45.6 Å². The summed E-state index contributed by atoms with van der Waals surface area (Å²) in [6.45, 7) is 8.79. The number of hydrogen-bond donors (Lipinski definition) is 1. The molecule has 0 bridgehead atoms. The summed E-state index contributed by atoms with van der Waals surface area (Å²) in [7, 11) is 0. The van der Waals surface area contributed by atoms with Gasteiger partial charge in [0.25, 0.3) is 0 Å². The summed E-state index contributed by atoms with van der Waals surface area (Å²) in [5, 5.41) is 3.59. The molecule has 2 unspecified atom stereocenters. The summed E-state index contributed by atoms with van der Waals surface area (Å²) in [6.07, 6.45) is 7.10. The molecule has 0 aromatic heterocycles. The van der Waals surface area contributed by atoms with Gasteiger partial charge in [-0.25, -0.2) is 0 Å². The van der Waals surface area contributed by atoms with E-state index in [0.717, 1.165) is 25.2 Å². The first-order chi connectivity index (χ1) is 8.33. The lowest BCUT2D eigenvalue weighted by Gasteiger charge is -2.35. The van der Waals surface area contributed by atoms with Crippen LogP contribution in [0.5, 0.6) is 0 Å². The van der Waals surface area contributed by atoms with Crippen LogP contribution in [0.3, 0.4) is 0 Å². The molecule has 1 saturated carbocycles. The highest BCUT2D eigenvalue weighted by Crippen LogP contribution is 2.27. The van der Waals surface area contributed by atoms with Gasteiger partial charge in [0.15, 0.2) is 0 Å². The van der Waals surface area contributed by atoms with Crippen molar-refractivity contribution in [3.8, 4) is 0 Å². The van der Waals surface area contributed by atoms with Crippen molar-refractivity contribution < 1.29 is 4.74 Å². The molecule has 1 N–H and O–H groups in total. The zero-order chi connectivity index (χ0) is 12.1. The lowest BCUT2D eigenvalue weighted by molar-refractivity contribution is 0.00445. The monoisotopic (exact) mass is 240 g/mol. The Morgan fingerprint density at radius 3 is 2.53 bits per heavy atom. The predicted octanol–water partition coefficient (Wildman–Crippen LogP) is 2.02. The fourth-order valence-electron chi connectivity index (χ4n) is 3.41. The first-order valence-electron chi connectivity index (χ1n) is 7.42. The number of nitrogens with zero attached hydrogens (tertiary/aromatic N) is 1. The molecule has 0 radical (unpaired) electrons. The van der Waals surface area contributed by atoms with Gasteiger partial charge in [0.2, 0.25) is 0 Å². The smallest absolute Gasteiger partial charge is 0.0599 e. The molecule has 1 aliphatic heterocycles. The van der Waals surface area contributed by atoms with Crippen LogP contribution in [0.25, 0.3) is 0 Å². The lowest BCUT2D eigenvalue weighted by Crippen LogP contribution is -2.43. The van der Waals surface area contributed by atoms with Gasteiger partial charge < -0.3 is 15.0 Å². The van der Waals surface area contributed by atoms with Gasteiger partial charge in [-0.15, -0.1) is 0 Å². The fourth-order valence-corrected chi connectivity index (χ4v) is 3.41. The highest BCUT2D eigenvalue weighted by molar-refractivity contribution is 4.88. The minimum Gasteiger partial charge on any atom is -0.378 e. The van der Waals surface area contributed by atoms with Crippen molar-refractivity contribution in [3.63, 3.8) is 0 Å². The molecular weight excluding hydrogens is 212 g/mol. The highest BCUT2D eigenvalue weighted by atomic mass is 16.5. The van der Waals surface area contributed by atoms with Gasteiger partial charge in [-0.3, -0.25) is 0 Å². The maximum atomic E-state index is 5.71. The first kappa shape index (κ1) is 13.3. The van der Waals surface area contributed by atoms with Crippen LogP contribution < -0.4 is 5.32 Å². The second kappa shape index (κ2) is 6.72. The van der Waals surface area contributed by atoms with Crippen LogP contribution in [0.15, 0.2) is 0 Å². The quantitative estimate of drug-likeness (QED) is 0.795. The first-order valence-corrected chi connectivity index (χ1v) is 7.42. The van der Waals surface area contributed by atoms with Crippen molar-refractivity contribution in [1.82, 2.24) is 10.2 Å². The summed E-state index contributed by atoms with van der Waals surface area (Å²) in [6, 6.07) is 1.61. The van der Waals surface area contributed by atoms with Gasteiger partial charge in [-0.2, -0.15) is 0 Å². The van der Waals surface area contributed by atoms with E-state index < -0.39 is 0 Å². The van der Waals surface area contributed by atoms with E-state index in [1.165, 1.54) is 45.2 Å². The van der Waals surface area contributed by atoms with Crippen molar-refractivity contribution in [2.24, 2.45) is 0 Å². The van der Waals surface area contributed by atoms with Gasteiger partial charge >= 0.3 is 0 Å². The summed E-state index contributed by atoms with van der Waals surface area (Å²) in [4.78, 5) is 2.70. The van der Waals surface area contributed by atoms with E-state index in [9.17, 15) is 0 Å². The Balaban J connectivity index is 1.70. The molecule has 100 valence electrons. The van der Waals surface area contributed by atoms with E-state index in [0.29, 0.717) is 6.10 Å². The van der Waals surface area contributed by atoms with E-state index in [2.05, 4.69) is 24.1 Å². The number of rotatable bonds is 5. The third kappa shape index (κ3) is 3.67. The normalized spacial score (nSPS) is 32.1. The molecule has 0 spiro atoms. The SMILES string of the molecule is CCNC1CCC(N2CCC(OCC)CC2)C1. The van der Waals surface area contributed by atoms with Gasteiger partial charge in [-0.1, -0.05) is 6.92 Å². The van der Waals surface area contributed by atoms with Crippen molar-refractivity contribution in [2.45, 2.75) is 64.1 Å². The van der Waals surface area contributed by atoms with E-state index in [1.54, 1.807) is 0 Å². The van der Waals surface area contributed by atoms with E-state index in [-0.39, 0.29) is 0 Å². The largest absolute Gasteiger partial charge is 0.378 e. The van der Waals surface area contributed by atoms with Crippen LogP contribution in [0.1, 0.15) is 46.0 Å². The second-order valence-electron chi connectivity index (χ2n) is 5.41. The summed E-state index contributed by atoms with van der Waals surface area (Å²) in [5.74, 6) is 0. The zero-order valence-corrected chi connectivity index (χ0v) is 11.5. The Bertz CT molecular complexity index is 214. The summed E-state index contributed by atoms with van der Waals surface area (Å²) >= 11 is 0. The average Bonchev–Trinajstić information content (AvgIpc) is 2.80. The van der Waals surface area contributed by atoms with Crippen LogP contribution in [0.4, 0.5) is 0 Å². The molecule has 2 aliphatic rings. The molecule has 1 aliphatic carbocycles. The Labute approximate surface area is 106 Å². The number of hydrogen-bond acceptors (Lipinski definition) is 3. The minimum absolute atomic E-state index is 0.530. The van der Waals surface area contributed by atoms with Crippen LogP contribution >= 0.6 is 0 Å². The Morgan fingerprint density at radius 1 is 1.12 bits per heavy atom. The third-order valence-corrected chi connectivity index (χ3v) is 4.29. The summed E-state index contributed by atoms with van der Waals surface area (Å²) < 4.78 is 5.71. The molecule has 2 atom stereocenters. The molecule has 3 nitrogen and oxygen atoms in total. The molecule has 2 rings (SSSR count). The van der Waals surface area contributed by atoms with Gasteiger partial charge in [0, 0.05) is 31.8 Å². The molecule has 1 heterocycles. The lowest BCUT2D eigenvalue weighted by atomic mass is 10.0. The Morgan fingerprint density at radius 2 is 1.88 bits per heavy atom. The second-order valence-corrected chi connectivity index (χ2v) is 5.41. The molecular formula is C14H28N2O. The van der Waals surface area contributed by atoms with Gasteiger partial charge in [0.05, 0.1) is 6.10 Å². The summed E-state index contributed by atoms with van der Waals surface area (Å²) in [5.41, 5.74) is 0. The Hall–Kier alpha value is -0.120. The number of ether oxygens (including phenoxy) is 1. The zero-order valence-electron chi connectivity index (χ0n) is 11.5. The van der Waals surface area contributed by atoms with Crippen molar-refractivity contribution >= 4 is 0 Å². The minimum atomic E-state index is 0.530. The molecule has 17 heavy (non-hydrogen) atoms. The van der Waals surface area contributed by atoms with E-state index >= 15 is 0 Å². The molecule has 0 amide bonds. The van der Waals surface area contributed by atoms with Crippen molar-refractivity contribution in [2.75, 3.05) is 26.2 Å². The van der Waals surface area contributed by atoms with E-state index in [4.69, 9.17) is 4.74 Å². The number of piperidine rings is 1. The van der Waals surface area contributed by atoms with Crippen molar-refractivity contribution in [3.05, 3.63) is 0 Å². The van der Waals surface area contributed by atoms with Crippen LogP contribution in [0, 0.1) is 0 Å². The number of nitrogens with one attached hydrogen (secondary N) is 1. The molecule has 3 heteroatoms. The number of likely N-dealkylation sites (tertiary alicyclic amines) is 1. The Kier molecular flexibility index (Phi) is 5.26. The molecule has 2 fully saturated rings. The molecule has 1 saturated heterocycles. The third-order valence-electron chi connectivity index (χ3n) is 4.29.